The lowest BCUT2D eigenvalue weighted by Gasteiger charge is -2.08. The molecule has 25 heavy (non-hydrogen) atoms. The van der Waals surface area contributed by atoms with Crippen LogP contribution in [0, 0.1) is 6.92 Å². The van der Waals surface area contributed by atoms with Crippen LogP contribution in [0.3, 0.4) is 0 Å². The maximum Gasteiger partial charge on any atom is 0.426 e. The number of hydrogen-bond acceptors (Lipinski definition) is 4. The number of nitrogens with one attached hydrogen (secondary N) is 2. The summed E-state index contributed by atoms with van der Waals surface area (Å²) in [5.41, 5.74) is 7.48. The van der Waals surface area contributed by atoms with Crippen LogP contribution in [0.2, 0.25) is 0 Å². The molecule has 0 fully saturated rings. The summed E-state index contributed by atoms with van der Waals surface area (Å²) in [5.74, 6) is 0.380. The number of nitrogens with zero attached hydrogens (tertiary/aromatic N) is 2. The monoisotopic (exact) mass is 338 g/mol. The van der Waals surface area contributed by atoms with Gasteiger partial charge in [0.25, 0.3) is 5.91 Å². The highest BCUT2D eigenvalue weighted by atomic mass is 16.5. The molecule has 0 saturated heterocycles. The molecule has 3 aromatic rings. The van der Waals surface area contributed by atoms with Gasteiger partial charge in [0.05, 0.1) is 17.6 Å². The topological polar surface area (TPSA) is 85.2 Å². The van der Waals surface area contributed by atoms with E-state index >= 15 is 0 Å². The summed E-state index contributed by atoms with van der Waals surface area (Å²) in [6.45, 7) is 3.82. The third-order valence-corrected chi connectivity index (χ3v) is 3.65. The molecule has 128 valence electrons. The van der Waals surface area contributed by atoms with E-state index < -0.39 is 12.0 Å². The molecule has 0 aliphatic carbocycles. The molecule has 0 saturated carbocycles. The van der Waals surface area contributed by atoms with Crippen molar-refractivity contribution in [3.8, 4) is 5.69 Å². The van der Waals surface area contributed by atoms with Crippen LogP contribution in [0.4, 0.5) is 4.79 Å². The quantitative estimate of drug-likeness (QED) is 0.719. The van der Waals surface area contributed by atoms with Crippen molar-refractivity contribution in [1.29, 1.82) is 0 Å². The van der Waals surface area contributed by atoms with Gasteiger partial charge in [0, 0.05) is 11.3 Å². The van der Waals surface area contributed by atoms with E-state index in [1.165, 1.54) is 0 Å². The second-order valence-corrected chi connectivity index (χ2v) is 5.33. The molecule has 0 bridgehead atoms. The molecule has 1 heterocycles. The second kappa shape index (κ2) is 7.04. The number of ether oxygens (including phenoxy) is 1. The van der Waals surface area contributed by atoms with Gasteiger partial charge in [-0.2, -0.15) is 0 Å². The number of benzene rings is 2. The lowest BCUT2D eigenvalue weighted by molar-refractivity contribution is 0.0913. The zero-order valence-electron chi connectivity index (χ0n) is 13.9. The summed E-state index contributed by atoms with van der Waals surface area (Å²) in [7, 11) is 0. The zero-order chi connectivity index (χ0) is 17.8. The molecule has 1 aromatic heterocycles. The maximum atomic E-state index is 12.1. The van der Waals surface area contributed by atoms with Gasteiger partial charge in [-0.05, 0) is 44.2 Å². The van der Waals surface area contributed by atoms with Crippen molar-refractivity contribution >= 4 is 23.0 Å². The number of rotatable bonds is 3. The number of aromatic nitrogens is 2. The fraction of sp³-hybridized carbons (Fsp3) is 0.167. The Hall–Kier alpha value is -3.35. The van der Waals surface area contributed by atoms with Gasteiger partial charge in [0.2, 0.25) is 0 Å². The Morgan fingerprint density at radius 2 is 1.88 bits per heavy atom. The molecule has 2 aromatic carbocycles. The van der Waals surface area contributed by atoms with E-state index in [1.807, 2.05) is 47.9 Å². The standard InChI is InChI=1S/C18H18N4O3/c1-3-25-18(24)21-20-17(23)13-9-10-16-15(11-13)19-12(2)22(16)14-7-5-4-6-8-14/h4-11H,3H2,1-2H3,(H,20,23)(H,21,24). The van der Waals surface area contributed by atoms with Crippen LogP contribution in [0.5, 0.6) is 0 Å². The number of fused-ring (bicyclic) bond motifs is 1. The minimum absolute atomic E-state index is 0.226. The highest BCUT2D eigenvalue weighted by Crippen LogP contribution is 2.22. The molecule has 0 atom stereocenters. The Morgan fingerprint density at radius 1 is 1.12 bits per heavy atom. The summed E-state index contributed by atoms with van der Waals surface area (Å²) in [5, 5.41) is 0. The van der Waals surface area contributed by atoms with Crippen LogP contribution >= 0.6 is 0 Å². The number of hydrazine groups is 1. The molecular weight excluding hydrogens is 320 g/mol. The first kappa shape index (κ1) is 16.5. The number of imidazole rings is 1. The van der Waals surface area contributed by atoms with E-state index in [9.17, 15) is 9.59 Å². The third-order valence-electron chi connectivity index (χ3n) is 3.65. The van der Waals surface area contributed by atoms with Crippen molar-refractivity contribution < 1.29 is 14.3 Å². The Labute approximate surface area is 144 Å². The molecule has 2 amide bonds. The predicted octanol–water partition coefficient (Wildman–Crippen LogP) is 2.72. The van der Waals surface area contributed by atoms with E-state index in [0.29, 0.717) is 11.1 Å². The largest absolute Gasteiger partial charge is 0.449 e. The van der Waals surface area contributed by atoms with Gasteiger partial charge in [-0.15, -0.1) is 0 Å². The third kappa shape index (κ3) is 3.45. The van der Waals surface area contributed by atoms with E-state index in [2.05, 4.69) is 20.6 Å². The van der Waals surface area contributed by atoms with E-state index in [4.69, 9.17) is 0 Å². The highest BCUT2D eigenvalue weighted by Gasteiger charge is 2.13. The minimum atomic E-state index is -0.707. The van der Waals surface area contributed by atoms with Gasteiger partial charge in [-0.25, -0.2) is 15.2 Å². The van der Waals surface area contributed by atoms with Crippen molar-refractivity contribution in [3.63, 3.8) is 0 Å². The van der Waals surface area contributed by atoms with Crippen molar-refractivity contribution in [2.75, 3.05) is 6.61 Å². The van der Waals surface area contributed by atoms with Gasteiger partial charge >= 0.3 is 6.09 Å². The number of para-hydroxylation sites is 1. The average Bonchev–Trinajstić information content (AvgIpc) is 2.95. The maximum absolute atomic E-state index is 12.1. The summed E-state index contributed by atoms with van der Waals surface area (Å²) in [6.07, 6.45) is -0.707. The first-order valence-corrected chi connectivity index (χ1v) is 7.87. The number of carbonyl (C=O) groups excluding carboxylic acids is 2. The Morgan fingerprint density at radius 3 is 2.60 bits per heavy atom. The van der Waals surface area contributed by atoms with E-state index in [0.717, 1.165) is 17.0 Å². The lowest BCUT2D eigenvalue weighted by atomic mass is 10.2. The highest BCUT2D eigenvalue weighted by molar-refractivity contribution is 5.98. The van der Waals surface area contributed by atoms with E-state index in [-0.39, 0.29) is 6.61 Å². The first-order chi connectivity index (χ1) is 12.1. The van der Waals surface area contributed by atoms with E-state index in [1.54, 1.807) is 19.1 Å². The molecule has 0 aliphatic heterocycles. The van der Waals surface area contributed by atoms with Gasteiger partial charge < -0.3 is 4.74 Å². The normalized spacial score (nSPS) is 10.5. The summed E-state index contributed by atoms with van der Waals surface area (Å²) in [4.78, 5) is 27.9. The predicted molar refractivity (Wildman–Crippen MR) is 93.4 cm³/mol. The lowest BCUT2D eigenvalue weighted by Crippen LogP contribution is -2.41. The number of carbonyl (C=O) groups is 2. The SMILES string of the molecule is CCOC(=O)NNC(=O)c1ccc2c(c1)nc(C)n2-c1ccccc1. The second-order valence-electron chi connectivity index (χ2n) is 5.33. The number of aryl methyl sites for hydroxylation is 1. The van der Waals surface area contributed by atoms with Crippen molar-refractivity contribution in [2.24, 2.45) is 0 Å². The molecule has 7 nitrogen and oxygen atoms in total. The zero-order valence-corrected chi connectivity index (χ0v) is 13.9. The Bertz CT molecular complexity index is 919. The van der Waals surface area contributed by atoms with Gasteiger partial charge in [0.15, 0.2) is 0 Å². The van der Waals surface area contributed by atoms with Gasteiger partial charge in [-0.3, -0.25) is 14.8 Å². The minimum Gasteiger partial charge on any atom is -0.449 e. The Kier molecular flexibility index (Phi) is 4.65. The van der Waals surface area contributed by atoms with Gasteiger partial charge in [0.1, 0.15) is 5.82 Å². The van der Waals surface area contributed by atoms with Crippen LogP contribution in [-0.4, -0.2) is 28.2 Å². The summed E-state index contributed by atoms with van der Waals surface area (Å²) >= 11 is 0. The smallest absolute Gasteiger partial charge is 0.426 e. The molecular formula is C18H18N4O3. The fourth-order valence-electron chi connectivity index (χ4n) is 2.59. The van der Waals surface area contributed by atoms with Crippen molar-refractivity contribution in [3.05, 3.63) is 59.9 Å². The summed E-state index contributed by atoms with van der Waals surface area (Å²) in [6, 6.07) is 15.1. The molecule has 3 rings (SSSR count). The molecule has 0 spiro atoms. The number of hydrogen-bond donors (Lipinski definition) is 2. The molecule has 0 radical (unpaired) electrons. The van der Waals surface area contributed by atoms with Crippen LogP contribution in [0.25, 0.3) is 16.7 Å². The summed E-state index contributed by atoms with van der Waals surface area (Å²) < 4.78 is 6.71. The molecule has 0 aliphatic rings. The average molecular weight is 338 g/mol. The van der Waals surface area contributed by atoms with Gasteiger partial charge in [-0.1, -0.05) is 18.2 Å². The molecule has 2 N–H and O–H groups in total. The molecule has 0 unspecified atom stereocenters. The van der Waals surface area contributed by atoms with Crippen LogP contribution in [0.1, 0.15) is 23.1 Å². The Balaban J connectivity index is 1.87. The molecule has 7 heteroatoms. The fourth-order valence-corrected chi connectivity index (χ4v) is 2.59. The van der Waals surface area contributed by atoms with Crippen LogP contribution in [-0.2, 0) is 4.74 Å². The van der Waals surface area contributed by atoms with Crippen LogP contribution in [0.15, 0.2) is 48.5 Å². The van der Waals surface area contributed by atoms with Crippen LogP contribution < -0.4 is 10.9 Å². The first-order valence-electron chi connectivity index (χ1n) is 7.87. The number of amides is 2. The van der Waals surface area contributed by atoms with Crippen molar-refractivity contribution in [2.45, 2.75) is 13.8 Å². The van der Waals surface area contributed by atoms with Crippen molar-refractivity contribution in [1.82, 2.24) is 20.4 Å².